The summed E-state index contributed by atoms with van der Waals surface area (Å²) in [5.41, 5.74) is 0.686. The lowest BCUT2D eigenvalue weighted by molar-refractivity contribution is -0.0831. The highest BCUT2D eigenvalue weighted by molar-refractivity contribution is 7.10. The van der Waals surface area contributed by atoms with Crippen molar-refractivity contribution in [2.24, 2.45) is 0 Å². The van der Waals surface area contributed by atoms with Crippen LogP contribution in [-0.4, -0.2) is 37.1 Å². The van der Waals surface area contributed by atoms with Gasteiger partial charge in [0.2, 0.25) is 5.56 Å². The molecule has 0 fully saturated rings. The highest BCUT2D eigenvalue weighted by atomic mass is 31.0. The quantitative estimate of drug-likeness (QED) is 0.192. The third-order valence-electron chi connectivity index (χ3n) is 5.44. The van der Waals surface area contributed by atoms with E-state index in [1.54, 1.807) is 36.4 Å². The number of halogens is 2. The van der Waals surface area contributed by atoms with E-state index in [1.807, 2.05) is 0 Å². The van der Waals surface area contributed by atoms with E-state index < -0.39 is 12.5 Å². The smallest absolute Gasteiger partial charge is 0.296 e. The van der Waals surface area contributed by atoms with Crippen molar-refractivity contribution in [3.8, 4) is 5.75 Å². The third kappa shape index (κ3) is 7.16. The summed E-state index contributed by atoms with van der Waals surface area (Å²) in [6.45, 7) is 0.514. The summed E-state index contributed by atoms with van der Waals surface area (Å²) in [6, 6.07) is 14.0. The van der Waals surface area contributed by atoms with Gasteiger partial charge in [0.1, 0.15) is 12.4 Å². The molecule has 3 aromatic rings. The minimum Gasteiger partial charge on any atom is -0.478 e. The fraction of sp³-hybridized carbons (Fsp3) is 0.360. The summed E-state index contributed by atoms with van der Waals surface area (Å²) >= 11 is 0. The Morgan fingerprint density at radius 3 is 2.53 bits per heavy atom. The van der Waals surface area contributed by atoms with E-state index in [0.717, 1.165) is 19.3 Å². The van der Waals surface area contributed by atoms with Crippen molar-refractivity contribution in [3.63, 3.8) is 0 Å². The number of fused-ring (bicyclic) bond motifs is 1. The number of alkyl halides is 2. The van der Waals surface area contributed by atoms with Gasteiger partial charge in [-0.05, 0) is 37.6 Å². The molecule has 0 spiro atoms. The molecule has 0 saturated heterocycles. The van der Waals surface area contributed by atoms with Gasteiger partial charge < -0.3 is 19.6 Å². The van der Waals surface area contributed by atoms with Crippen molar-refractivity contribution in [2.45, 2.75) is 31.6 Å². The number of hydrogen-bond donors (Lipinski definition) is 2. The van der Waals surface area contributed by atoms with Gasteiger partial charge in [-0.1, -0.05) is 43.2 Å². The van der Waals surface area contributed by atoms with Crippen molar-refractivity contribution >= 4 is 26.2 Å². The zero-order valence-corrected chi connectivity index (χ0v) is 20.0. The molecule has 1 unspecified atom stereocenters. The van der Waals surface area contributed by atoms with Gasteiger partial charge >= 0.3 is 0 Å². The zero-order chi connectivity index (χ0) is 24.4. The van der Waals surface area contributed by atoms with E-state index in [1.165, 1.54) is 18.2 Å². The van der Waals surface area contributed by atoms with Crippen molar-refractivity contribution < 1.29 is 22.8 Å². The maximum Gasteiger partial charge on any atom is 0.296 e. The van der Waals surface area contributed by atoms with Crippen LogP contribution in [0.1, 0.15) is 41.6 Å². The molecule has 0 amide bonds. The van der Waals surface area contributed by atoms with Crippen LogP contribution in [0.25, 0.3) is 10.9 Å². The molecular formula is C25H29F2N2O4P. The molecule has 34 heavy (non-hydrogen) atoms. The predicted octanol–water partition coefficient (Wildman–Crippen LogP) is 4.84. The number of ether oxygens (including phenoxy) is 1. The van der Waals surface area contributed by atoms with E-state index in [0.29, 0.717) is 41.8 Å². The Kier molecular flexibility index (Phi) is 9.69. The fourth-order valence-corrected chi connectivity index (χ4v) is 3.83. The van der Waals surface area contributed by atoms with E-state index >= 15 is 0 Å². The SMILES string of the molecule is O=C(CNCCCCCCOCC(F)(F)c1ccccc1)c1ccc(OP)c2[nH]c(=O)ccc12. The first-order valence-electron chi connectivity index (χ1n) is 11.2. The van der Waals surface area contributed by atoms with E-state index in [2.05, 4.69) is 19.8 Å². The number of rotatable bonds is 14. The lowest BCUT2D eigenvalue weighted by Gasteiger charge is -2.16. The number of unbranched alkanes of at least 4 members (excludes halogenated alkanes) is 3. The number of carbonyl (C=O) groups excluding carboxylic acids is 1. The molecule has 0 aliphatic rings. The predicted molar refractivity (Wildman–Crippen MR) is 132 cm³/mol. The largest absolute Gasteiger partial charge is 0.478 e. The van der Waals surface area contributed by atoms with Crippen LogP contribution in [0.2, 0.25) is 0 Å². The maximum atomic E-state index is 14.0. The minimum absolute atomic E-state index is 0.0365. The number of ketones is 1. The Labute approximate surface area is 199 Å². The van der Waals surface area contributed by atoms with Gasteiger partial charge in [-0.2, -0.15) is 8.78 Å². The Bertz CT molecular complexity index is 1140. The first-order valence-corrected chi connectivity index (χ1v) is 11.7. The van der Waals surface area contributed by atoms with Gasteiger partial charge in [0.15, 0.2) is 5.78 Å². The van der Waals surface area contributed by atoms with Crippen LogP contribution >= 0.6 is 9.47 Å². The summed E-state index contributed by atoms with van der Waals surface area (Å²) < 4.78 is 38.4. The van der Waals surface area contributed by atoms with E-state index in [9.17, 15) is 18.4 Å². The van der Waals surface area contributed by atoms with Crippen LogP contribution in [0.15, 0.2) is 59.4 Å². The summed E-state index contributed by atoms with van der Waals surface area (Å²) in [5, 5.41) is 3.77. The molecule has 9 heteroatoms. The van der Waals surface area contributed by atoms with Gasteiger partial charge in [0, 0.05) is 29.2 Å². The van der Waals surface area contributed by atoms with Crippen molar-refractivity contribution in [1.29, 1.82) is 0 Å². The second kappa shape index (κ2) is 12.7. The lowest BCUT2D eigenvalue weighted by atomic mass is 10.0. The van der Waals surface area contributed by atoms with Crippen LogP contribution in [0.5, 0.6) is 5.75 Å². The molecule has 1 atom stereocenters. The Morgan fingerprint density at radius 2 is 1.76 bits per heavy atom. The molecule has 0 bridgehead atoms. The number of benzene rings is 2. The van der Waals surface area contributed by atoms with Crippen LogP contribution in [0.3, 0.4) is 0 Å². The number of aromatic nitrogens is 1. The molecule has 0 aliphatic heterocycles. The molecular weight excluding hydrogens is 461 g/mol. The van der Waals surface area contributed by atoms with Gasteiger partial charge in [0.05, 0.1) is 21.5 Å². The average molecular weight is 490 g/mol. The van der Waals surface area contributed by atoms with Crippen molar-refractivity contribution in [1.82, 2.24) is 10.3 Å². The number of aromatic amines is 1. The molecule has 1 heterocycles. The average Bonchev–Trinajstić information content (AvgIpc) is 2.84. The van der Waals surface area contributed by atoms with Gasteiger partial charge in [-0.3, -0.25) is 9.59 Å². The number of H-pyrrole nitrogens is 1. The third-order valence-corrected chi connectivity index (χ3v) is 5.70. The van der Waals surface area contributed by atoms with Gasteiger partial charge in [-0.15, -0.1) is 0 Å². The summed E-state index contributed by atoms with van der Waals surface area (Å²) in [7, 11) is 2.13. The van der Waals surface area contributed by atoms with Gasteiger partial charge in [-0.25, -0.2) is 0 Å². The topological polar surface area (TPSA) is 80.4 Å². The summed E-state index contributed by atoms with van der Waals surface area (Å²) in [4.78, 5) is 27.0. The number of nitrogens with one attached hydrogen (secondary N) is 2. The molecule has 6 nitrogen and oxygen atoms in total. The van der Waals surface area contributed by atoms with Crippen LogP contribution in [0, 0.1) is 0 Å². The van der Waals surface area contributed by atoms with E-state index in [4.69, 9.17) is 9.26 Å². The Morgan fingerprint density at radius 1 is 1.00 bits per heavy atom. The molecule has 1 aromatic heterocycles. The summed E-state index contributed by atoms with van der Waals surface area (Å²) in [5.74, 6) is -2.60. The molecule has 2 aromatic carbocycles. The molecule has 2 N–H and O–H groups in total. The second-order valence-corrected chi connectivity index (χ2v) is 8.21. The van der Waals surface area contributed by atoms with Crippen molar-refractivity contribution in [2.75, 3.05) is 26.3 Å². The number of Topliss-reactive ketones (excluding diaryl/α,β-unsaturated/α-hetero) is 1. The number of hydrogen-bond acceptors (Lipinski definition) is 5. The second-order valence-electron chi connectivity index (χ2n) is 7.98. The normalized spacial score (nSPS) is 11.6. The molecule has 0 aliphatic carbocycles. The molecule has 0 radical (unpaired) electrons. The molecule has 182 valence electrons. The molecule has 3 rings (SSSR count). The standard InChI is InChI=1S/C25H29F2N2O4P/c26-25(27,18-8-4-3-5-9-18)17-32-15-7-2-1-6-14-28-16-21(30)19-10-12-22(33-34)24-20(19)11-13-23(31)29-24/h3-5,8-13,28H,1-2,6-7,14-17,34H2,(H,29,31). The first-order chi connectivity index (χ1) is 16.4. The zero-order valence-electron chi connectivity index (χ0n) is 18.8. The maximum absolute atomic E-state index is 14.0. The van der Waals surface area contributed by atoms with Crippen molar-refractivity contribution in [3.05, 3.63) is 76.1 Å². The lowest BCUT2D eigenvalue weighted by Crippen LogP contribution is -2.24. The fourth-order valence-electron chi connectivity index (χ4n) is 3.64. The molecule has 0 saturated carbocycles. The van der Waals surface area contributed by atoms with E-state index in [-0.39, 0.29) is 23.5 Å². The van der Waals surface area contributed by atoms with Gasteiger partial charge in [0.25, 0.3) is 5.92 Å². The van der Waals surface area contributed by atoms with Crippen LogP contribution < -0.4 is 15.4 Å². The summed E-state index contributed by atoms with van der Waals surface area (Å²) in [6.07, 6.45) is 3.34. The Balaban J connectivity index is 1.31. The highest BCUT2D eigenvalue weighted by Crippen LogP contribution is 2.28. The number of carbonyl (C=O) groups is 1. The monoisotopic (exact) mass is 490 g/mol. The minimum atomic E-state index is -2.98. The first kappa shape index (κ1) is 25.9. The Hall–Kier alpha value is -2.67. The van der Waals surface area contributed by atoms with Crippen LogP contribution in [0.4, 0.5) is 8.78 Å². The highest BCUT2D eigenvalue weighted by Gasteiger charge is 2.31. The van der Waals surface area contributed by atoms with Crippen LogP contribution in [-0.2, 0) is 10.7 Å². The number of pyridine rings is 1.